The quantitative estimate of drug-likeness (QED) is 0.227. The lowest BCUT2D eigenvalue weighted by Crippen LogP contribution is -2.54. The van der Waals surface area contributed by atoms with E-state index in [0.29, 0.717) is 18.8 Å². The highest BCUT2D eigenvalue weighted by molar-refractivity contribution is 7.99. The number of rotatable bonds is 10. The second kappa shape index (κ2) is 10.3. The van der Waals surface area contributed by atoms with Gasteiger partial charge in [0.15, 0.2) is 0 Å². The molecule has 9 heteroatoms. The normalized spacial score (nSPS) is 29.5. The van der Waals surface area contributed by atoms with E-state index in [1.165, 1.54) is 11.8 Å². The number of aliphatic carboxylic acids is 1. The molecular weight excluding hydrogens is 304 g/mol. The van der Waals surface area contributed by atoms with Gasteiger partial charge in [-0.25, -0.2) is 9.78 Å². The van der Waals surface area contributed by atoms with Crippen molar-refractivity contribution in [3.05, 3.63) is 0 Å². The molecular formula is C12H22O8S. The second-order valence-corrected chi connectivity index (χ2v) is 5.83. The second-order valence-electron chi connectivity index (χ2n) is 4.60. The smallest absolute Gasteiger partial charge is 0.304 e. The Morgan fingerprint density at radius 3 is 2.71 bits per heavy atom. The summed E-state index contributed by atoms with van der Waals surface area (Å²) in [5.74, 6) is 0.489. The van der Waals surface area contributed by atoms with E-state index in [4.69, 9.17) is 24.7 Å². The topological polar surface area (TPSA) is 126 Å². The maximum Gasteiger partial charge on any atom is 0.304 e. The van der Waals surface area contributed by atoms with Crippen molar-refractivity contribution >= 4 is 17.7 Å². The Labute approximate surface area is 126 Å². The molecule has 8 nitrogen and oxygen atoms in total. The van der Waals surface area contributed by atoms with E-state index in [0.717, 1.165) is 5.75 Å². The fraction of sp³-hybridized carbons (Fsp3) is 0.917. The first kappa shape index (κ1) is 18.6. The summed E-state index contributed by atoms with van der Waals surface area (Å²) in [6.07, 6.45) is -3.20. The minimum Gasteiger partial charge on any atom is -0.481 e. The molecule has 21 heavy (non-hydrogen) atoms. The van der Waals surface area contributed by atoms with Gasteiger partial charge in [0.1, 0.15) is 24.4 Å². The Morgan fingerprint density at radius 1 is 1.29 bits per heavy atom. The van der Waals surface area contributed by atoms with Crippen molar-refractivity contribution in [1.29, 1.82) is 0 Å². The zero-order valence-electron chi connectivity index (χ0n) is 11.6. The standard InChI is InChI=1S/C12H22O8S/c13-6-8-11(16)12(17)9(7-18-8)20-19-3-1-4-21-5-2-10(14)15/h8-9,11-13,16-17H,1-7H2,(H,14,15)/t8?,9?,11-,12?/m0/s1. The predicted octanol–water partition coefficient (Wildman–Crippen LogP) is -0.986. The van der Waals surface area contributed by atoms with Gasteiger partial charge in [0.05, 0.1) is 26.2 Å². The SMILES string of the molecule is O=C(O)CCSCCCOOC1COC(CO)[C@H](O)C1O. The van der Waals surface area contributed by atoms with E-state index in [1.54, 1.807) is 0 Å². The van der Waals surface area contributed by atoms with Gasteiger partial charge < -0.3 is 25.2 Å². The van der Waals surface area contributed by atoms with Crippen LogP contribution >= 0.6 is 11.8 Å². The Morgan fingerprint density at radius 2 is 2.05 bits per heavy atom. The van der Waals surface area contributed by atoms with Gasteiger partial charge in [-0.1, -0.05) is 0 Å². The van der Waals surface area contributed by atoms with Crippen molar-refractivity contribution in [2.45, 2.75) is 37.3 Å². The highest BCUT2D eigenvalue weighted by atomic mass is 32.2. The maximum atomic E-state index is 10.3. The molecule has 0 spiro atoms. The van der Waals surface area contributed by atoms with Gasteiger partial charge in [-0.3, -0.25) is 4.79 Å². The molecule has 0 aromatic rings. The Kier molecular flexibility index (Phi) is 9.16. The van der Waals surface area contributed by atoms with Crippen LogP contribution in [0.4, 0.5) is 0 Å². The Bertz CT molecular complexity index is 303. The number of ether oxygens (including phenoxy) is 1. The van der Waals surface area contributed by atoms with Gasteiger partial charge in [0.2, 0.25) is 0 Å². The van der Waals surface area contributed by atoms with E-state index in [9.17, 15) is 15.0 Å². The van der Waals surface area contributed by atoms with Crippen LogP contribution < -0.4 is 0 Å². The summed E-state index contributed by atoms with van der Waals surface area (Å²) in [4.78, 5) is 20.2. The third kappa shape index (κ3) is 6.92. The van der Waals surface area contributed by atoms with Crippen LogP contribution in [0.1, 0.15) is 12.8 Å². The van der Waals surface area contributed by atoms with Crippen LogP contribution in [0.25, 0.3) is 0 Å². The number of thioether (sulfide) groups is 1. The van der Waals surface area contributed by atoms with Gasteiger partial charge in [-0.15, -0.1) is 0 Å². The van der Waals surface area contributed by atoms with E-state index < -0.39 is 30.4 Å². The first-order chi connectivity index (χ1) is 10.1. The predicted molar refractivity (Wildman–Crippen MR) is 73.9 cm³/mol. The Hall–Kier alpha value is -0.420. The van der Waals surface area contributed by atoms with Crippen LogP contribution in [0, 0.1) is 0 Å². The molecule has 4 N–H and O–H groups in total. The van der Waals surface area contributed by atoms with E-state index in [1.807, 2.05) is 0 Å². The Balaban J connectivity index is 2.04. The van der Waals surface area contributed by atoms with E-state index in [2.05, 4.69) is 0 Å². The monoisotopic (exact) mass is 326 g/mol. The van der Waals surface area contributed by atoms with Crippen molar-refractivity contribution in [3.63, 3.8) is 0 Å². The molecule has 1 saturated heterocycles. The lowest BCUT2D eigenvalue weighted by atomic mass is 10.0. The number of hydrogen-bond acceptors (Lipinski definition) is 8. The summed E-state index contributed by atoms with van der Waals surface area (Å²) in [5, 5.41) is 36.7. The number of carboxylic acids is 1. The largest absolute Gasteiger partial charge is 0.481 e. The average molecular weight is 326 g/mol. The number of hydrogen-bond donors (Lipinski definition) is 4. The number of aliphatic hydroxyl groups excluding tert-OH is 3. The van der Waals surface area contributed by atoms with Crippen LogP contribution in [-0.2, 0) is 19.3 Å². The minimum atomic E-state index is -1.22. The number of carboxylic acid groups (broad SMARTS) is 1. The third-order valence-corrected chi connectivity index (χ3v) is 4.00. The molecule has 124 valence electrons. The molecule has 1 aliphatic rings. The van der Waals surface area contributed by atoms with Crippen molar-refractivity contribution in [3.8, 4) is 0 Å². The molecule has 1 aliphatic heterocycles. The summed E-state index contributed by atoms with van der Waals surface area (Å²) in [6.45, 7) is -0.0565. The molecule has 0 saturated carbocycles. The molecule has 0 bridgehead atoms. The highest BCUT2D eigenvalue weighted by Gasteiger charge is 2.39. The first-order valence-corrected chi connectivity index (χ1v) is 7.88. The summed E-state index contributed by atoms with van der Waals surface area (Å²) in [6, 6.07) is 0. The molecule has 0 aromatic carbocycles. The molecule has 0 amide bonds. The van der Waals surface area contributed by atoms with E-state index >= 15 is 0 Å². The molecule has 1 fully saturated rings. The van der Waals surface area contributed by atoms with Gasteiger partial charge in [-0.05, 0) is 12.2 Å². The van der Waals surface area contributed by atoms with Gasteiger partial charge >= 0.3 is 5.97 Å². The van der Waals surface area contributed by atoms with Crippen LogP contribution in [0.15, 0.2) is 0 Å². The van der Waals surface area contributed by atoms with Gasteiger partial charge in [0.25, 0.3) is 0 Å². The summed E-state index contributed by atoms with van der Waals surface area (Å²) < 4.78 is 5.13. The molecule has 0 aromatic heterocycles. The van der Waals surface area contributed by atoms with E-state index in [-0.39, 0.29) is 19.6 Å². The van der Waals surface area contributed by atoms with Gasteiger partial charge in [-0.2, -0.15) is 11.8 Å². The van der Waals surface area contributed by atoms with Crippen LogP contribution in [0.3, 0.4) is 0 Å². The van der Waals surface area contributed by atoms with Crippen molar-refractivity contribution in [2.75, 3.05) is 31.3 Å². The molecule has 1 heterocycles. The maximum absolute atomic E-state index is 10.3. The van der Waals surface area contributed by atoms with Crippen LogP contribution in [0.5, 0.6) is 0 Å². The van der Waals surface area contributed by atoms with Crippen molar-refractivity contribution in [1.82, 2.24) is 0 Å². The molecule has 4 atom stereocenters. The van der Waals surface area contributed by atoms with Crippen LogP contribution in [-0.4, -0.2) is 82.1 Å². The molecule has 1 rings (SSSR count). The highest BCUT2D eigenvalue weighted by Crippen LogP contribution is 2.18. The van der Waals surface area contributed by atoms with Crippen molar-refractivity contribution < 1.29 is 39.7 Å². The zero-order chi connectivity index (χ0) is 15.7. The fourth-order valence-corrected chi connectivity index (χ4v) is 2.56. The molecule has 0 aliphatic carbocycles. The summed E-state index contributed by atoms with van der Waals surface area (Å²) in [5.41, 5.74) is 0. The molecule has 3 unspecified atom stereocenters. The van der Waals surface area contributed by atoms with Crippen LogP contribution in [0.2, 0.25) is 0 Å². The number of carbonyl (C=O) groups is 1. The van der Waals surface area contributed by atoms with Gasteiger partial charge in [0, 0.05) is 5.75 Å². The lowest BCUT2D eigenvalue weighted by molar-refractivity contribution is -0.364. The zero-order valence-corrected chi connectivity index (χ0v) is 12.4. The summed E-state index contributed by atoms with van der Waals surface area (Å²) >= 11 is 1.51. The lowest BCUT2D eigenvalue weighted by Gasteiger charge is -2.35. The summed E-state index contributed by atoms with van der Waals surface area (Å²) in [7, 11) is 0. The minimum absolute atomic E-state index is 0.0246. The molecule has 0 radical (unpaired) electrons. The number of aliphatic hydroxyl groups is 3. The fourth-order valence-electron chi connectivity index (χ4n) is 1.72. The third-order valence-electron chi connectivity index (χ3n) is 2.93. The average Bonchev–Trinajstić information content (AvgIpc) is 2.46. The van der Waals surface area contributed by atoms with Crippen molar-refractivity contribution in [2.24, 2.45) is 0 Å². The first-order valence-electron chi connectivity index (χ1n) is 6.72.